The highest BCUT2D eigenvalue weighted by Crippen LogP contribution is 2.20. The molecule has 6 heteroatoms. The Balaban J connectivity index is 1.56. The van der Waals surface area contributed by atoms with Gasteiger partial charge < -0.3 is 14.8 Å². The fourth-order valence-electron chi connectivity index (χ4n) is 3.24. The van der Waals surface area contributed by atoms with Crippen LogP contribution in [0.15, 0.2) is 54.9 Å². The number of fused-ring (bicyclic) bond motifs is 2. The molecule has 0 radical (unpaired) electrons. The van der Waals surface area contributed by atoms with Gasteiger partial charge in [-0.1, -0.05) is 24.3 Å². The summed E-state index contributed by atoms with van der Waals surface area (Å²) in [6, 6.07) is 15.5. The quantitative estimate of drug-likeness (QED) is 0.579. The number of benzene rings is 2. The van der Waals surface area contributed by atoms with Crippen molar-refractivity contribution in [1.29, 1.82) is 0 Å². The predicted molar refractivity (Wildman–Crippen MR) is 113 cm³/mol. The second kappa shape index (κ2) is 7.40. The summed E-state index contributed by atoms with van der Waals surface area (Å²) < 4.78 is 2.12. The van der Waals surface area contributed by atoms with E-state index >= 15 is 0 Å². The van der Waals surface area contributed by atoms with Gasteiger partial charge in [0.25, 0.3) is 5.91 Å². The highest BCUT2D eigenvalue weighted by molar-refractivity contribution is 6.04. The number of carbonyl (C=O) groups excluding carboxylic acids is 1. The predicted octanol–water partition coefficient (Wildman–Crippen LogP) is 3.71. The Hall–Kier alpha value is -3.25. The maximum Gasteiger partial charge on any atom is 0.274 e. The molecule has 0 saturated heterocycles. The molecule has 28 heavy (non-hydrogen) atoms. The molecule has 0 saturated carbocycles. The van der Waals surface area contributed by atoms with Crippen LogP contribution in [0.25, 0.3) is 21.9 Å². The van der Waals surface area contributed by atoms with Crippen molar-refractivity contribution in [2.24, 2.45) is 0 Å². The summed E-state index contributed by atoms with van der Waals surface area (Å²) in [7, 11) is 4.10. The summed E-state index contributed by atoms with van der Waals surface area (Å²) in [5, 5.41) is 3.96. The van der Waals surface area contributed by atoms with E-state index in [2.05, 4.69) is 38.8 Å². The van der Waals surface area contributed by atoms with Crippen molar-refractivity contribution in [1.82, 2.24) is 19.4 Å². The minimum Gasteiger partial charge on any atom is -0.329 e. The van der Waals surface area contributed by atoms with E-state index in [9.17, 15) is 4.79 Å². The highest BCUT2D eigenvalue weighted by Gasteiger charge is 2.11. The zero-order valence-corrected chi connectivity index (χ0v) is 16.3. The van der Waals surface area contributed by atoms with Gasteiger partial charge in [0, 0.05) is 24.2 Å². The molecule has 0 aliphatic rings. The summed E-state index contributed by atoms with van der Waals surface area (Å²) in [5.74, 6) is -0.225. The number of anilines is 1. The van der Waals surface area contributed by atoms with Gasteiger partial charge in [-0.25, -0.2) is 9.97 Å². The molecule has 1 N–H and O–H groups in total. The van der Waals surface area contributed by atoms with Crippen molar-refractivity contribution >= 4 is 33.5 Å². The van der Waals surface area contributed by atoms with Crippen LogP contribution in [0.2, 0.25) is 0 Å². The van der Waals surface area contributed by atoms with Crippen LogP contribution in [0.5, 0.6) is 0 Å². The van der Waals surface area contributed by atoms with Gasteiger partial charge in [0.1, 0.15) is 5.69 Å². The Labute approximate surface area is 163 Å². The molecule has 4 aromatic rings. The Morgan fingerprint density at radius 1 is 1.14 bits per heavy atom. The van der Waals surface area contributed by atoms with Gasteiger partial charge in [0.05, 0.1) is 22.9 Å². The van der Waals surface area contributed by atoms with Crippen LogP contribution in [0.1, 0.15) is 16.1 Å². The van der Waals surface area contributed by atoms with E-state index in [-0.39, 0.29) is 5.91 Å². The normalized spacial score (nSPS) is 11.4. The van der Waals surface area contributed by atoms with Crippen LogP contribution >= 0.6 is 0 Å². The largest absolute Gasteiger partial charge is 0.329 e. The number of pyridine rings is 1. The van der Waals surface area contributed by atoms with Crippen molar-refractivity contribution in [2.45, 2.75) is 13.5 Å². The lowest BCUT2D eigenvalue weighted by Crippen LogP contribution is -2.18. The van der Waals surface area contributed by atoms with E-state index in [0.29, 0.717) is 11.4 Å². The lowest BCUT2D eigenvalue weighted by atomic mass is 10.1. The first-order valence-electron chi connectivity index (χ1n) is 9.28. The van der Waals surface area contributed by atoms with Gasteiger partial charge >= 0.3 is 0 Å². The molecular weight excluding hydrogens is 350 g/mol. The SMILES string of the molecule is Cc1cccc2ccc(C(=O)Nc3ccc4c(c3)ncn4CCN(C)C)nc12. The van der Waals surface area contributed by atoms with E-state index in [1.807, 2.05) is 55.7 Å². The van der Waals surface area contributed by atoms with Crippen LogP contribution in [-0.2, 0) is 6.54 Å². The van der Waals surface area contributed by atoms with E-state index in [4.69, 9.17) is 0 Å². The van der Waals surface area contributed by atoms with Crippen molar-refractivity contribution in [2.75, 3.05) is 26.0 Å². The van der Waals surface area contributed by atoms with Crippen LogP contribution in [0.3, 0.4) is 0 Å². The molecule has 0 unspecified atom stereocenters. The van der Waals surface area contributed by atoms with E-state index in [1.165, 1.54) is 0 Å². The topological polar surface area (TPSA) is 63.1 Å². The van der Waals surface area contributed by atoms with Gasteiger partial charge in [-0.2, -0.15) is 0 Å². The van der Waals surface area contributed by atoms with Crippen LogP contribution < -0.4 is 5.32 Å². The van der Waals surface area contributed by atoms with Crippen molar-refractivity contribution in [3.8, 4) is 0 Å². The number of hydrogen-bond acceptors (Lipinski definition) is 4. The Morgan fingerprint density at radius 3 is 2.82 bits per heavy atom. The first kappa shape index (κ1) is 18.1. The maximum absolute atomic E-state index is 12.7. The third-order valence-electron chi connectivity index (χ3n) is 4.82. The summed E-state index contributed by atoms with van der Waals surface area (Å²) in [5.41, 5.74) is 4.93. The Morgan fingerprint density at radius 2 is 2.00 bits per heavy atom. The molecular formula is C22H23N5O. The lowest BCUT2D eigenvalue weighted by Gasteiger charge is -2.11. The molecule has 0 spiro atoms. The van der Waals surface area contributed by atoms with Gasteiger partial charge in [0.2, 0.25) is 0 Å². The van der Waals surface area contributed by atoms with Gasteiger partial charge in [0.15, 0.2) is 0 Å². The van der Waals surface area contributed by atoms with Crippen molar-refractivity contribution < 1.29 is 4.79 Å². The third-order valence-corrected chi connectivity index (χ3v) is 4.82. The molecule has 4 rings (SSSR count). The van der Waals surface area contributed by atoms with Crippen LogP contribution in [-0.4, -0.2) is 46.0 Å². The molecule has 142 valence electrons. The third kappa shape index (κ3) is 3.59. The lowest BCUT2D eigenvalue weighted by molar-refractivity contribution is 0.102. The monoisotopic (exact) mass is 373 g/mol. The number of hydrogen-bond donors (Lipinski definition) is 1. The fourth-order valence-corrected chi connectivity index (χ4v) is 3.24. The molecule has 2 aromatic heterocycles. The van der Waals surface area contributed by atoms with E-state index in [0.717, 1.165) is 40.6 Å². The summed E-state index contributed by atoms with van der Waals surface area (Å²) in [6.45, 7) is 3.81. The molecule has 0 fully saturated rings. The minimum absolute atomic E-state index is 0.225. The van der Waals surface area contributed by atoms with E-state index < -0.39 is 0 Å². The Bertz CT molecular complexity index is 1160. The standard InChI is InChI=1S/C22H23N5O/c1-15-5-4-6-16-7-9-18(25-21(15)16)22(28)24-17-8-10-20-19(13-17)23-14-27(20)12-11-26(2)3/h4-10,13-14H,11-12H2,1-3H3,(H,24,28). The smallest absolute Gasteiger partial charge is 0.274 e. The van der Waals surface area contributed by atoms with Gasteiger partial charge in [-0.15, -0.1) is 0 Å². The van der Waals surface area contributed by atoms with Crippen LogP contribution in [0, 0.1) is 6.92 Å². The number of likely N-dealkylation sites (N-methyl/N-ethyl adjacent to an activating group) is 1. The number of carbonyl (C=O) groups is 1. The molecule has 1 amide bonds. The number of amides is 1. The summed E-state index contributed by atoms with van der Waals surface area (Å²) in [6.07, 6.45) is 1.84. The Kier molecular flexibility index (Phi) is 4.79. The van der Waals surface area contributed by atoms with Crippen LogP contribution in [0.4, 0.5) is 5.69 Å². The molecule has 0 atom stereocenters. The molecule has 0 bridgehead atoms. The first-order valence-corrected chi connectivity index (χ1v) is 9.28. The molecule has 6 nitrogen and oxygen atoms in total. The average Bonchev–Trinajstić information content (AvgIpc) is 3.08. The molecule has 2 aromatic carbocycles. The zero-order chi connectivity index (χ0) is 19.7. The number of imidazole rings is 1. The average molecular weight is 373 g/mol. The molecule has 0 aliphatic carbocycles. The second-order valence-electron chi connectivity index (χ2n) is 7.24. The van der Waals surface area contributed by atoms with E-state index in [1.54, 1.807) is 6.07 Å². The van der Waals surface area contributed by atoms with Crippen molar-refractivity contribution in [3.05, 3.63) is 66.1 Å². The second-order valence-corrected chi connectivity index (χ2v) is 7.24. The summed E-state index contributed by atoms with van der Waals surface area (Å²) in [4.78, 5) is 23.8. The first-order chi connectivity index (χ1) is 13.5. The number of nitrogens with one attached hydrogen (secondary N) is 1. The maximum atomic E-state index is 12.7. The van der Waals surface area contributed by atoms with Crippen molar-refractivity contribution in [3.63, 3.8) is 0 Å². The molecule has 0 aliphatic heterocycles. The minimum atomic E-state index is -0.225. The number of rotatable bonds is 5. The number of nitrogens with zero attached hydrogens (tertiary/aromatic N) is 4. The number of aromatic nitrogens is 3. The zero-order valence-electron chi connectivity index (χ0n) is 16.3. The fraction of sp³-hybridized carbons (Fsp3) is 0.227. The van der Waals surface area contributed by atoms with Gasteiger partial charge in [-0.3, -0.25) is 4.79 Å². The number of aryl methyl sites for hydroxylation is 1. The number of para-hydroxylation sites is 1. The van der Waals surface area contributed by atoms with Gasteiger partial charge in [-0.05, 0) is 50.8 Å². The summed E-state index contributed by atoms with van der Waals surface area (Å²) >= 11 is 0. The highest BCUT2D eigenvalue weighted by atomic mass is 16.1. The molecule has 2 heterocycles.